The van der Waals surface area contributed by atoms with Gasteiger partial charge in [-0.05, 0) is 42.0 Å². The molecule has 0 saturated heterocycles. The lowest BCUT2D eigenvalue weighted by Crippen LogP contribution is -2.17. The molecule has 0 aliphatic heterocycles. The van der Waals surface area contributed by atoms with Gasteiger partial charge in [0.05, 0.1) is 5.69 Å². The van der Waals surface area contributed by atoms with Crippen LogP contribution in [0.15, 0.2) is 60.0 Å². The fourth-order valence-corrected chi connectivity index (χ4v) is 2.45. The number of rotatable bonds is 6. The number of hydrogen-bond acceptors (Lipinski definition) is 6. The van der Waals surface area contributed by atoms with Crippen LogP contribution in [0.5, 0.6) is 5.75 Å². The quantitative estimate of drug-likeness (QED) is 0.374. The predicted octanol–water partition coefficient (Wildman–Crippen LogP) is 3.28. The van der Waals surface area contributed by atoms with Crippen LogP contribution in [0.1, 0.15) is 26.5 Å². The minimum absolute atomic E-state index is 0.0309. The van der Waals surface area contributed by atoms with Gasteiger partial charge in [0.1, 0.15) is 17.6 Å². The lowest BCUT2D eigenvalue weighted by molar-refractivity contribution is -0.274. The van der Waals surface area contributed by atoms with E-state index < -0.39 is 18.1 Å². The average Bonchev–Trinajstić information content (AvgIpc) is 3.18. The summed E-state index contributed by atoms with van der Waals surface area (Å²) in [6, 6.07) is 10.9. The lowest BCUT2D eigenvalue weighted by atomic mass is 10.1. The SMILES string of the molecule is N=[N+]=NC(=O)c1ccc(CC(=O)c2ncn(-c3ccc(OC(F)(F)F)cc3)n2)cc1. The molecule has 3 aromatic rings. The molecule has 1 aromatic heterocycles. The number of alkyl halides is 3. The van der Waals surface area contributed by atoms with Gasteiger partial charge in [0, 0.05) is 12.0 Å². The molecule has 0 aliphatic rings. The Balaban J connectivity index is 1.67. The maximum Gasteiger partial charge on any atom is 0.573 e. The van der Waals surface area contributed by atoms with Gasteiger partial charge in [0.15, 0.2) is 0 Å². The van der Waals surface area contributed by atoms with Crippen LogP contribution in [0.4, 0.5) is 13.2 Å². The molecular formula is C18H12F3N6O3+. The van der Waals surface area contributed by atoms with Gasteiger partial charge in [0.2, 0.25) is 21.6 Å². The molecule has 0 unspecified atom stereocenters. The number of ether oxygens (including phenoxy) is 1. The van der Waals surface area contributed by atoms with Gasteiger partial charge in [-0.3, -0.25) is 9.59 Å². The van der Waals surface area contributed by atoms with Crippen LogP contribution in [0, 0.1) is 5.53 Å². The lowest BCUT2D eigenvalue weighted by Gasteiger charge is -2.09. The zero-order valence-electron chi connectivity index (χ0n) is 15.0. The van der Waals surface area contributed by atoms with E-state index in [0.29, 0.717) is 11.3 Å². The fourth-order valence-electron chi connectivity index (χ4n) is 2.45. The van der Waals surface area contributed by atoms with Crippen molar-refractivity contribution in [1.29, 1.82) is 5.53 Å². The van der Waals surface area contributed by atoms with E-state index >= 15 is 0 Å². The van der Waals surface area contributed by atoms with E-state index in [1.165, 1.54) is 35.3 Å². The molecular weight excluding hydrogens is 405 g/mol. The molecule has 152 valence electrons. The number of halogens is 3. The molecule has 2 aromatic carbocycles. The topological polar surface area (TPSA) is 124 Å². The first-order valence-electron chi connectivity index (χ1n) is 8.27. The Bertz CT molecular complexity index is 1120. The molecule has 0 fully saturated rings. The van der Waals surface area contributed by atoms with Crippen molar-refractivity contribution in [1.82, 2.24) is 19.7 Å². The number of benzene rings is 2. The second-order valence-electron chi connectivity index (χ2n) is 5.86. The van der Waals surface area contributed by atoms with Crippen LogP contribution in [-0.2, 0) is 6.42 Å². The number of aromatic nitrogens is 3. The van der Waals surface area contributed by atoms with Crippen LogP contribution in [-0.4, -0.2) is 32.8 Å². The molecule has 0 spiro atoms. The highest BCUT2D eigenvalue weighted by molar-refractivity contribution is 5.95. The van der Waals surface area contributed by atoms with Gasteiger partial charge in [-0.1, -0.05) is 12.1 Å². The van der Waals surface area contributed by atoms with Gasteiger partial charge in [0.25, 0.3) is 0 Å². The zero-order valence-corrected chi connectivity index (χ0v) is 15.0. The van der Waals surface area contributed by atoms with Crippen LogP contribution < -0.4 is 9.65 Å². The fraction of sp³-hybridized carbons (Fsp3) is 0.111. The molecule has 1 N–H and O–H groups in total. The maximum absolute atomic E-state index is 12.4. The van der Waals surface area contributed by atoms with Crippen molar-refractivity contribution in [2.75, 3.05) is 0 Å². The van der Waals surface area contributed by atoms with Gasteiger partial charge in [-0.15, -0.1) is 18.3 Å². The number of carbonyl (C=O) groups excluding carboxylic acids is 2. The monoisotopic (exact) mass is 417 g/mol. The van der Waals surface area contributed by atoms with Gasteiger partial charge in [-0.2, -0.15) is 0 Å². The average molecular weight is 417 g/mol. The van der Waals surface area contributed by atoms with Crippen molar-refractivity contribution in [3.63, 3.8) is 0 Å². The smallest absolute Gasteiger partial charge is 0.406 e. The van der Waals surface area contributed by atoms with E-state index in [1.807, 2.05) is 0 Å². The minimum atomic E-state index is -4.79. The van der Waals surface area contributed by atoms with E-state index in [-0.39, 0.29) is 23.6 Å². The second-order valence-corrected chi connectivity index (χ2v) is 5.86. The van der Waals surface area contributed by atoms with E-state index in [9.17, 15) is 22.8 Å². The first kappa shape index (κ1) is 20.6. The first-order chi connectivity index (χ1) is 14.2. The molecule has 0 aliphatic carbocycles. The second kappa shape index (κ2) is 8.45. The summed E-state index contributed by atoms with van der Waals surface area (Å²) in [5.41, 5.74) is 7.76. The normalized spacial score (nSPS) is 10.9. The largest absolute Gasteiger partial charge is 0.573 e. The summed E-state index contributed by atoms with van der Waals surface area (Å²) >= 11 is 0. The number of amides is 1. The van der Waals surface area contributed by atoms with Crippen molar-refractivity contribution in [2.45, 2.75) is 12.8 Å². The molecule has 1 heterocycles. The number of carbonyl (C=O) groups is 2. The molecule has 3 rings (SSSR count). The molecule has 12 heteroatoms. The summed E-state index contributed by atoms with van der Waals surface area (Å²) in [7, 11) is 0. The summed E-state index contributed by atoms with van der Waals surface area (Å²) in [5.74, 6) is -1.52. The highest BCUT2D eigenvalue weighted by Crippen LogP contribution is 2.23. The van der Waals surface area contributed by atoms with Crippen molar-refractivity contribution < 1.29 is 27.5 Å². The van der Waals surface area contributed by atoms with Crippen LogP contribution in [0.25, 0.3) is 5.69 Å². The number of nitrogens with one attached hydrogen (secondary N) is 1. The Kier molecular flexibility index (Phi) is 5.79. The van der Waals surface area contributed by atoms with Crippen molar-refractivity contribution in [3.8, 4) is 11.4 Å². The third-order valence-corrected chi connectivity index (χ3v) is 3.78. The summed E-state index contributed by atoms with van der Waals surface area (Å²) < 4.78 is 41.7. The zero-order chi connectivity index (χ0) is 21.7. The summed E-state index contributed by atoms with van der Waals surface area (Å²) in [4.78, 5) is 30.5. The van der Waals surface area contributed by atoms with E-state index in [0.717, 1.165) is 12.1 Å². The molecule has 9 nitrogen and oxygen atoms in total. The molecule has 0 saturated carbocycles. The van der Waals surface area contributed by atoms with Gasteiger partial charge < -0.3 is 4.74 Å². The van der Waals surface area contributed by atoms with Crippen LogP contribution in [0.3, 0.4) is 0 Å². The Labute approximate surface area is 166 Å². The minimum Gasteiger partial charge on any atom is -0.406 e. The van der Waals surface area contributed by atoms with Crippen LogP contribution >= 0.6 is 0 Å². The molecule has 0 atom stereocenters. The molecule has 0 bridgehead atoms. The highest BCUT2D eigenvalue weighted by Gasteiger charge is 2.31. The predicted molar refractivity (Wildman–Crippen MR) is 94.1 cm³/mol. The third kappa shape index (κ3) is 5.20. The Morgan fingerprint density at radius 1 is 1.10 bits per heavy atom. The Morgan fingerprint density at radius 3 is 2.37 bits per heavy atom. The van der Waals surface area contributed by atoms with Crippen molar-refractivity contribution >= 4 is 11.7 Å². The van der Waals surface area contributed by atoms with E-state index in [1.54, 1.807) is 12.1 Å². The Hall–Kier alpha value is -4.18. The number of ketones is 1. The Morgan fingerprint density at radius 2 is 1.77 bits per heavy atom. The summed E-state index contributed by atoms with van der Waals surface area (Å²) in [6.45, 7) is 0. The van der Waals surface area contributed by atoms with Crippen molar-refractivity contribution in [3.05, 3.63) is 71.8 Å². The number of hydrogen-bond donors (Lipinski definition) is 1. The van der Waals surface area contributed by atoms with E-state index in [2.05, 4.69) is 24.8 Å². The highest BCUT2D eigenvalue weighted by atomic mass is 19.4. The van der Waals surface area contributed by atoms with Crippen LogP contribution in [0.2, 0.25) is 0 Å². The molecule has 1 amide bonds. The summed E-state index contributed by atoms with van der Waals surface area (Å²) in [6.07, 6.45) is -3.55. The first-order valence-corrected chi connectivity index (χ1v) is 8.27. The van der Waals surface area contributed by atoms with Crippen molar-refractivity contribution in [2.24, 2.45) is 5.11 Å². The molecule has 30 heavy (non-hydrogen) atoms. The van der Waals surface area contributed by atoms with E-state index in [4.69, 9.17) is 5.53 Å². The van der Waals surface area contributed by atoms with Gasteiger partial charge >= 0.3 is 12.3 Å². The number of Topliss-reactive ketones (excluding diaryl/α,β-unsaturated/α-hetero) is 1. The standard InChI is InChI=1S/C18H12F3N6O3/c19-18(20,21)30-14-7-5-13(6-8-14)27-10-23-16(25-27)15(28)9-11-1-3-12(4-2-11)17(29)24-26-22/h1-8,10,22H,9H2/q+1. The van der Waals surface area contributed by atoms with Gasteiger partial charge in [-0.25, -0.2) is 9.67 Å². The third-order valence-electron chi connectivity index (χ3n) is 3.78. The molecule has 0 radical (unpaired) electrons. The maximum atomic E-state index is 12.4. The summed E-state index contributed by atoms with van der Waals surface area (Å²) in [5, 5.41) is 7.13. The number of nitrogens with zero attached hydrogens (tertiary/aromatic N) is 5.